The smallest absolute Gasteiger partial charge is 0.153 e. The van der Waals surface area contributed by atoms with Gasteiger partial charge in [-0.2, -0.15) is 5.10 Å². The SMILES string of the molecule is COc1cc(C)c(CN2CCO[C@H](c3cccc(Nc4cc(C)n(C)n4)n3)C2)c(C)c1C. The number of nitrogens with zero attached hydrogens (tertiary/aromatic N) is 4. The predicted octanol–water partition coefficient (Wildman–Crippen LogP) is 4.37. The van der Waals surface area contributed by atoms with Gasteiger partial charge in [0.1, 0.15) is 17.7 Å². The van der Waals surface area contributed by atoms with Crippen LogP contribution in [-0.2, 0) is 18.3 Å². The van der Waals surface area contributed by atoms with Gasteiger partial charge < -0.3 is 14.8 Å². The molecule has 0 unspecified atom stereocenters. The standard InChI is InChI=1S/C25H33N5O2/c1-16-12-22(31-6)19(4)18(3)20(16)14-30-10-11-32-23(15-30)21-8-7-9-24(26-21)27-25-13-17(2)29(5)28-25/h7-9,12-13,23H,10-11,14-15H2,1-6H3,(H,26,27,28)/t23-/m0/s1. The van der Waals surface area contributed by atoms with Crippen molar-refractivity contribution in [3.05, 3.63) is 64.0 Å². The van der Waals surface area contributed by atoms with Crippen LogP contribution in [0.4, 0.5) is 11.6 Å². The second kappa shape index (κ2) is 9.30. The summed E-state index contributed by atoms with van der Waals surface area (Å²) in [6.07, 6.45) is -0.0593. The molecule has 0 bridgehead atoms. The van der Waals surface area contributed by atoms with Crippen molar-refractivity contribution < 1.29 is 9.47 Å². The summed E-state index contributed by atoms with van der Waals surface area (Å²) in [7, 11) is 3.67. The number of pyridine rings is 1. The molecular formula is C25H33N5O2. The summed E-state index contributed by atoms with van der Waals surface area (Å²) in [4.78, 5) is 7.27. The minimum Gasteiger partial charge on any atom is -0.496 e. The number of morpholine rings is 1. The largest absolute Gasteiger partial charge is 0.496 e. The minimum atomic E-state index is -0.0593. The summed E-state index contributed by atoms with van der Waals surface area (Å²) >= 11 is 0. The lowest BCUT2D eigenvalue weighted by atomic mass is 9.96. The molecule has 0 radical (unpaired) electrons. The van der Waals surface area contributed by atoms with Crippen LogP contribution < -0.4 is 10.1 Å². The van der Waals surface area contributed by atoms with Gasteiger partial charge in [-0.15, -0.1) is 0 Å². The first kappa shape index (κ1) is 22.3. The van der Waals surface area contributed by atoms with Gasteiger partial charge in [0.05, 0.1) is 19.4 Å². The molecule has 1 atom stereocenters. The lowest BCUT2D eigenvalue weighted by Crippen LogP contribution is -2.38. The maximum Gasteiger partial charge on any atom is 0.153 e. The van der Waals surface area contributed by atoms with E-state index < -0.39 is 0 Å². The van der Waals surface area contributed by atoms with Crippen molar-refractivity contribution in [2.24, 2.45) is 7.05 Å². The highest BCUT2D eigenvalue weighted by atomic mass is 16.5. The number of hydrogen-bond acceptors (Lipinski definition) is 6. The summed E-state index contributed by atoms with van der Waals surface area (Å²) in [6.45, 7) is 11.8. The molecule has 0 aliphatic carbocycles. The predicted molar refractivity (Wildman–Crippen MR) is 127 cm³/mol. The number of aryl methyl sites for hydroxylation is 3. The van der Waals surface area contributed by atoms with Gasteiger partial charge in [0.2, 0.25) is 0 Å². The van der Waals surface area contributed by atoms with E-state index >= 15 is 0 Å². The zero-order valence-corrected chi connectivity index (χ0v) is 19.9. The van der Waals surface area contributed by atoms with Crippen LogP contribution >= 0.6 is 0 Å². The second-order valence-corrected chi connectivity index (χ2v) is 8.59. The zero-order valence-electron chi connectivity index (χ0n) is 19.9. The molecule has 32 heavy (non-hydrogen) atoms. The van der Waals surface area contributed by atoms with Gasteiger partial charge in [0, 0.05) is 38.4 Å². The number of aromatic nitrogens is 3. The quantitative estimate of drug-likeness (QED) is 0.620. The third-order valence-corrected chi connectivity index (χ3v) is 6.43. The van der Waals surface area contributed by atoms with Gasteiger partial charge in [-0.1, -0.05) is 6.07 Å². The fraction of sp³-hybridized carbons (Fsp3) is 0.440. The Morgan fingerprint density at radius 1 is 1.12 bits per heavy atom. The number of hydrogen-bond donors (Lipinski definition) is 1. The van der Waals surface area contributed by atoms with E-state index in [1.165, 1.54) is 22.3 Å². The maximum atomic E-state index is 6.11. The minimum absolute atomic E-state index is 0.0593. The van der Waals surface area contributed by atoms with Gasteiger partial charge >= 0.3 is 0 Å². The molecule has 3 heterocycles. The van der Waals surface area contributed by atoms with Gasteiger partial charge in [0.15, 0.2) is 5.82 Å². The number of anilines is 2. The lowest BCUT2D eigenvalue weighted by Gasteiger charge is -2.33. The molecule has 1 aliphatic rings. The summed E-state index contributed by atoms with van der Waals surface area (Å²) in [5, 5.41) is 7.76. The molecule has 0 saturated carbocycles. The van der Waals surface area contributed by atoms with Crippen molar-refractivity contribution in [2.45, 2.75) is 40.3 Å². The first-order valence-electron chi connectivity index (χ1n) is 11.1. The Kier molecular flexibility index (Phi) is 6.48. The van der Waals surface area contributed by atoms with E-state index in [1.54, 1.807) is 7.11 Å². The fourth-order valence-electron chi connectivity index (χ4n) is 4.26. The highest BCUT2D eigenvalue weighted by molar-refractivity contribution is 5.52. The van der Waals surface area contributed by atoms with Crippen molar-refractivity contribution in [2.75, 3.05) is 32.1 Å². The number of methoxy groups -OCH3 is 1. The first-order valence-corrected chi connectivity index (χ1v) is 11.1. The van der Waals surface area contributed by atoms with E-state index in [-0.39, 0.29) is 6.10 Å². The van der Waals surface area contributed by atoms with E-state index in [0.717, 1.165) is 48.4 Å². The molecule has 7 heteroatoms. The second-order valence-electron chi connectivity index (χ2n) is 8.59. The normalized spacial score (nSPS) is 16.9. The van der Waals surface area contributed by atoms with E-state index in [0.29, 0.717) is 6.61 Å². The molecule has 1 saturated heterocycles. The fourth-order valence-corrected chi connectivity index (χ4v) is 4.26. The van der Waals surface area contributed by atoms with E-state index in [1.807, 2.05) is 42.9 Å². The van der Waals surface area contributed by atoms with E-state index in [9.17, 15) is 0 Å². The summed E-state index contributed by atoms with van der Waals surface area (Å²) < 4.78 is 13.5. The maximum absolute atomic E-state index is 6.11. The number of benzene rings is 1. The van der Waals surface area contributed by atoms with Gasteiger partial charge in [0.25, 0.3) is 0 Å². The topological polar surface area (TPSA) is 64.4 Å². The van der Waals surface area contributed by atoms with Gasteiger partial charge in [-0.3, -0.25) is 9.58 Å². The summed E-state index contributed by atoms with van der Waals surface area (Å²) in [5.41, 5.74) is 7.18. The molecule has 1 aliphatic heterocycles. The first-order chi connectivity index (χ1) is 15.4. The van der Waals surface area contributed by atoms with Crippen LogP contribution in [0.5, 0.6) is 5.75 Å². The molecule has 0 spiro atoms. The van der Waals surface area contributed by atoms with Crippen molar-refractivity contribution >= 4 is 11.6 Å². The molecule has 1 aromatic carbocycles. The molecule has 7 nitrogen and oxygen atoms in total. The van der Waals surface area contributed by atoms with Crippen LogP contribution in [-0.4, -0.2) is 46.5 Å². The van der Waals surface area contributed by atoms with E-state index in [2.05, 4.69) is 42.2 Å². The molecule has 2 aromatic heterocycles. The van der Waals surface area contributed by atoms with Crippen molar-refractivity contribution in [3.8, 4) is 5.75 Å². The number of nitrogens with one attached hydrogen (secondary N) is 1. The summed E-state index contributed by atoms with van der Waals surface area (Å²) in [5.74, 6) is 2.53. The summed E-state index contributed by atoms with van der Waals surface area (Å²) in [6, 6.07) is 10.2. The average Bonchev–Trinajstić information content (AvgIpc) is 3.10. The van der Waals surface area contributed by atoms with Crippen molar-refractivity contribution in [1.82, 2.24) is 19.7 Å². The van der Waals surface area contributed by atoms with Crippen LogP contribution in [0.15, 0.2) is 30.3 Å². The van der Waals surface area contributed by atoms with Crippen LogP contribution in [0.1, 0.15) is 39.7 Å². The van der Waals surface area contributed by atoms with E-state index in [4.69, 9.17) is 14.5 Å². The third-order valence-electron chi connectivity index (χ3n) is 6.43. The Morgan fingerprint density at radius 2 is 1.94 bits per heavy atom. The Hall–Kier alpha value is -2.90. The third kappa shape index (κ3) is 4.64. The molecular weight excluding hydrogens is 402 g/mol. The monoisotopic (exact) mass is 435 g/mol. The van der Waals surface area contributed by atoms with Crippen LogP contribution in [0.3, 0.4) is 0 Å². The molecule has 1 fully saturated rings. The molecule has 170 valence electrons. The highest BCUT2D eigenvalue weighted by Crippen LogP contribution is 2.30. The van der Waals surface area contributed by atoms with Crippen molar-refractivity contribution in [3.63, 3.8) is 0 Å². The lowest BCUT2D eigenvalue weighted by molar-refractivity contribution is -0.0350. The Labute approximate surface area is 190 Å². The Bertz CT molecular complexity index is 1090. The van der Waals surface area contributed by atoms with Gasteiger partial charge in [-0.25, -0.2) is 4.98 Å². The Morgan fingerprint density at radius 3 is 2.66 bits per heavy atom. The molecule has 1 N–H and O–H groups in total. The number of rotatable bonds is 6. The molecule has 4 rings (SSSR count). The molecule has 0 amide bonds. The van der Waals surface area contributed by atoms with Crippen LogP contribution in [0, 0.1) is 27.7 Å². The van der Waals surface area contributed by atoms with Crippen LogP contribution in [0.2, 0.25) is 0 Å². The zero-order chi connectivity index (χ0) is 22.8. The van der Waals surface area contributed by atoms with Crippen molar-refractivity contribution in [1.29, 1.82) is 0 Å². The number of ether oxygens (including phenoxy) is 2. The highest BCUT2D eigenvalue weighted by Gasteiger charge is 2.24. The van der Waals surface area contributed by atoms with Crippen LogP contribution in [0.25, 0.3) is 0 Å². The Balaban J connectivity index is 1.48. The molecule has 3 aromatic rings. The van der Waals surface area contributed by atoms with Gasteiger partial charge in [-0.05, 0) is 68.1 Å². The average molecular weight is 436 g/mol.